The van der Waals surface area contributed by atoms with E-state index in [2.05, 4.69) is 4.90 Å². The van der Waals surface area contributed by atoms with Gasteiger partial charge in [0.2, 0.25) is 5.91 Å². The van der Waals surface area contributed by atoms with Gasteiger partial charge in [-0.05, 0) is 50.9 Å². The molecule has 5 heteroatoms. The SMILES string of the molecule is O=C(CCOc1ccccc1)N1CCCC(O)(CN2CCCC2)C1. The van der Waals surface area contributed by atoms with Crippen molar-refractivity contribution >= 4 is 5.91 Å². The maximum atomic E-state index is 12.4. The van der Waals surface area contributed by atoms with Gasteiger partial charge in [0.15, 0.2) is 0 Å². The maximum absolute atomic E-state index is 12.4. The van der Waals surface area contributed by atoms with Crippen LogP contribution in [0.4, 0.5) is 0 Å². The molecule has 0 bridgehead atoms. The van der Waals surface area contributed by atoms with Gasteiger partial charge in [-0.15, -0.1) is 0 Å². The van der Waals surface area contributed by atoms with Crippen LogP contribution < -0.4 is 4.74 Å². The van der Waals surface area contributed by atoms with Crippen LogP contribution in [0.3, 0.4) is 0 Å². The van der Waals surface area contributed by atoms with E-state index < -0.39 is 5.60 Å². The quantitative estimate of drug-likeness (QED) is 0.864. The van der Waals surface area contributed by atoms with Crippen molar-refractivity contribution < 1.29 is 14.6 Å². The molecular weight excluding hydrogens is 304 g/mol. The summed E-state index contributed by atoms with van der Waals surface area (Å²) in [4.78, 5) is 16.6. The third kappa shape index (κ3) is 4.71. The molecule has 2 saturated heterocycles. The largest absolute Gasteiger partial charge is 0.493 e. The highest BCUT2D eigenvalue weighted by Gasteiger charge is 2.37. The highest BCUT2D eigenvalue weighted by molar-refractivity contribution is 5.76. The molecule has 2 heterocycles. The number of carbonyl (C=O) groups excluding carboxylic acids is 1. The lowest BCUT2D eigenvalue weighted by Gasteiger charge is -2.41. The summed E-state index contributed by atoms with van der Waals surface area (Å²) in [5, 5.41) is 10.9. The lowest BCUT2D eigenvalue weighted by molar-refractivity contribution is -0.139. The summed E-state index contributed by atoms with van der Waals surface area (Å²) >= 11 is 0. The first-order chi connectivity index (χ1) is 11.6. The second kappa shape index (κ2) is 7.99. The summed E-state index contributed by atoms with van der Waals surface area (Å²) in [5.74, 6) is 0.861. The van der Waals surface area contributed by atoms with Gasteiger partial charge in [0.05, 0.1) is 25.2 Å². The van der Waals surface area contributed by atoms with Crippen molar-refractivity contribution in [2.75, 3.05) is 39.3 Å². The van der Waals surface area contributed by atoms with Crippen molar-refractivity contribution in [3.8, 4) is 5.75 Å². The zero-order chi connectivity index (χ0) is 16.8. The summed E-state index contributed by atoms with van der Waals surface area (Å²) in [5.41, 5.74) is -0.751. The number of benzene rings is 1. The maximum Gasteiger partial charge on any atom is 0.226 e. The Morgan fingerprint density at radius 1 is 1.12 bits per heavy atom. The van der Waals surface area contributed by atoms with E-state index in [0.717, 1.165) is 38.2 Å². The van der Waals surface area contributed by atoms with Gasteiger partial charge in [-0.3, -0.25) is 4.79 Å². The molecule has 1 unspecified atom stereocenters. The Balaban J connectivity index is 1.45. The first kappa shape index (κ1) is 17.2. The van der Waals surface area contributed by atoms with Crippen LogP contribution in [0.2, 0.25) is 0 Å². The molecule has 24 heavy (non-hydrogen) atoms. The van der Waals surface area contributed by atoms with Gasteiger partial charge in [0, 0.05) is 13.1 Å². The highest BCUT2D eigenvalue weighted by Crippen LogP contribution is 2.24. The Morgan fingerprint density at radius 2 is 1.88 bits per heavy atom. The molecule has 1 aromatic rings. The number of hydrogen-bond donors (Lipinski definition) is 1. The topological polar surface area (TPSA) is 53.0 Å². The van der Waals surface area contributed by atoms with E-state index in [-0.39, 0.29) is 5.91 Å². The summed E-state index contributed by atoms with van der Waals surface area (Å²) in [6.45, 7) is 4.41. The van der Waals surface area contributed by atoms with E-state index in [4.69, 9.17) is 4.74 Å². The number of piperidine rings is 1. The van der Waals surface area contributed by atoms with Crippen LogP contribution in [-0.2, 0) is 4.79 Å². The zero-order valence-corrected chi connectivity index (χ0v) is 14.3. The number of ether oxygens (including phenoxy) is 1. The van der Waals surface area contributed by atoms with Crippen LogP contribution in [-0.4, -0.2) is 65.7 Å². The predicted octanol–water partition coefficient (Wildman–Crippen LogP) is 1.90. The summed E-state index contributed by atoms with van der Waals surface area (Å²) in [7, 11) is 0. The van der Waals surface area contributed by atoms with Crippen molar-refractivity contribution in [3.63, 3.8) is 0 Å². The Hall–Kier alpha value is -1.59. The molecule has 1 atom stereocenters. The van der Waals surface area contributed by atoms with E-state index in [1.165, 1.54) is 12.8 Å². The van der Waals surface area contributed by atoms with E-state index >= 15 is 0 Å². The Labute approximate surface area is 144 Å². The Bertz CT molecular complexity index is 531. The smallest absolute Gasteiger partial charge is 0.226 e. The number of rotatable bonds is 6. The molecule has 0 aromatic heterocycles. The average molecular weight is 332 g/mol. The average Bonchev–Trinajstić information content (AvgIpc) is 3.08. The third-order valence-electron chi connectivity index (χ3n) is 4.95. The first-order valence-electron chi connectivity index (χ1n) is 9.05. The van der Waals surface area contributed by atoms with Gasteiger partial charge in [-0.25, -0.2) is 0 Å². The fourth-order valence-electron chi connectivity index (χ4n) is 3.74. The summed E-state index contributed by atoms with van der Waals surface area (Å²) in [6, 6.07) is 9.55. The van der Waals surface area contributed by atoms with Crippen LogP contribution >= 0.6 is 0 Å². The molecule has 2 aliphatic heterocycles. The fraction of sp³-hybridized carbons (Fsp3) is 0.632. The number of nitrogens with zero attached hydrogens (tertiary/aromatic N) is 2. The third-order valence-corrected chi connectivity index (χ3v) is 4.95. The molecule has 5 nitrogen and oxygen atoms in total. The number of hydrogen-bond acceptors (Lipinski definition) is 4. The molecule has 3 rings (SSSR count). The second-order valence-corrected chi connectivity index (χ2v) is 7.04. The Kier molecular flexibility index (Phi) is 5.74. The summed E-state index contributed by atoms with van der Waals surface area (Å²) < 4.78 is 5.61. The monoisotopic (exact) mass is 332 g/mol. The summed E-state index contributed by atoms with van der Waals surface area (Å²) in [6.07, 6.45) is 4.45. The molecule has 2 aliphatic rings. The molecular formula is C19H28N2O3. The van der Waals surface area contributed by atoms with Crippen LogP contribution in [0.15, 0.2) is 30.3 Å². The van der Waals surface area contributed by atoms with Crippen molar-refractivity contribution in [2.45, 2.75) is 37.7 Å². The standard InChI is InChI=1S/C19H28N2O3/c22-18(9-14-24-17-7-2-1-3-8-17)21-13-6-10-19(23,16-21)15-20-11-4-5-12-20/h1-3,7-8,23H,4-6,9-16H2. The Morgan fingerprint density at radius 3 is 2.62 bits per heavy atom. The first-order valence-corrected chi connectivity index (χ1v) is 9.05. The van der Waals surface area contributed by atoms with Crippen molar-refractivity contribution in [2.24, 2.45) is 0 Å². The van der Waals surface area contributed by atoms with Crippen LogP contribution in [0, 0.1) is 0 Å². The molecule has 1 N–H and O–H groups in total. The van der Waals surface area contributed by atoms with Crippen LogP contribution in [0.25, 0.3) is 0 Å². The van der Waals surface area contributed by atoms with E-state index in [0.29, 0.717) is 26.1 Å². The van der Waals surface area contributed by atoms with E-state index in [1.807, 2.05) is 35.2 Å². The van der Waals surface area contributed by atoms with E-state index in [9.17, 15) is 9.90 Å². The molecule has 132 valence electrons. The molecule has 0 spiro atoms. The highest BCUT2D eigenvalue weighted by atomic mass is 16.5. The second-order valence-electron chi connectivity index (χ2n) is 7.04. The van der Waals surface area contributed by atoms with Crippen molar-refractivity contribution in [1.82, 2.24) is 9.80 Å². The van der Waals surface area contributed by atoms with Gasteiger partial charge in [0.25, 0.3) is 0 Å². The molecule has 1 aromatic carbocycles. The number of para-hydroxylation sites is 1. The number of amides is 1. The minimum absolute atomic E-state index is 0.0745. The van der Waals surface area contributed by atoms with Crippen LogP contribution in [0.1, 0.15) is 32.1 Å². The molecule has 0 saturated carbocycles. The number of carbonyl (C=O) groups is 1. The minimum Gasteiger partial charge on any atom is -0.493 e. The van der Waals surface area contributed by atoms with Gasteiger partial charge in [-0.1, -0.05) is 18.2 Å². The number of β-amino-alcohol motifs (C(OH)–C–C–N with tert-alkyl or cyclic N) is 1. The van der Waals surface area contributed by atoms with Gasteiger partial charge >= 0.3 is 0 Å². The normalized spacial score (nSPS) is 25.0. The predicted molar refractivity (Wildman–Crippen MR) is 93.0 cm³/mol. The molecule has 1 amide bonds. The minimum atomic E-state index is -0.751. The molecule has 0 aliphatic carbocycles. The lowest BCUT2D eigenvalue weighted by Crippen LogP contribution is -2.55. The number of aliphatic hydroxyl groups is 1. The zero-order valence-electron chi connectivity index (χ0n) is 14.3. The molecule has 2 fully saturated rings. The van der Waals surface area contributed by atoms with Gasteiger partial charge < -0.3 is 19.6 Å². The van der Waals surface area contributed by atoms with Gasteiger partial charge in [0.1, 0.15) is 5.75 Å². The van der Waals surface area contributed by atoms with Crippen molar-refractivity contribution in [3.05, 3.63) is 30.3 Å². The molecule has 0 radical (unpaired) electrons. The van der Waals surface area contributed by atoms with Crippen LogP contribution in [0.5, 0.6) is 5.75 Å². The lowest BCUT2D eigenvalue weighted by atomic mass is 9.92. The van der Waals surface area contributed by atoms with Crippen molar-refractivity contribution in [1.29, 1.82) is 0 Å². The fourth-order valence-corrected chi connectivity index (χ4v) is 3.74. The van der Waals surface area contributed by atoms with Gasteiger partial charge in [-0.2, -0.15) is 0 Å². The number of likely N-dealkylation sites (tertiary alicyclic amines) is 2. The van der Waals surface area contributed by atoms with E-state index in [1.54, 1.807) is 0 Å².